The topological polar surface area (TPSA) is 161 Å². The van der Waals surface area contributed by atoms with E-state index in [2.05, 4.69) is 0 Å². The number of carbonyl (C=O) groups excluding carboxylic acids is 2. The molecule has 0 saturated heterocycles. The van der Waals surface area contributed by atoms with E-state index in [1.807, 2.05) is 0 Å². The summed E-state index contributed by atoms with van der Waals surface area (Å²) in [5.74, 6) is -4.22. The van der Waals surface area contributed by atoms with Crippen LogP contribution < -0.4 is 10.2 Å². The molecule has 0 heterocycles. The van der Waals surface area contributed by atoms with E-state index >= 15 is 0 Å². The zero-order valence-electron chi connectivity index (χ0n) is 7.44. The summed E-state index contributed by atoms with van der Waals surface area (Å²) in [5, 5.41) is 54.7. The Morgan fingerprint density at radius 3 is 1.13 bits per heavy atom. The Balaban J connectivity index is 0. The molecule has 15 heavy (non-hydrogen) atoms. The van der Waals surface area contributed by atoms with Gasteiger partial charge in [-0.05, 0) is 0 Å². The number of carboxylic acids is 2. The Kier molecular flexibility index (Phi) is 8.53. The van der Waals surface area contributed by atoms with Crippen LogP contribution in [0.5, 0.6) is 0 Å². The van der Waals surface area contributed by atoms with E-state index in [1.54, 1.807) is 0 Å². The second kappa shape index (κ2) is 7.34. The molecule has 82 valence electrons. The fourth-order valence-corrected chi connectivity index (χ4v) is 0.652. The van der Waals surface area contributed by atoms with Crippen LogP contribution in [0, 0.1) is 0 Å². The van der Waals surface area contributed by atoms with Gasteiger partial charge in [-0.1, -0.05) is 0 Å². The summed E-state index contributed by atoms with van der Waals surface area (Å²) in [5.41, 5.74) is 0. The second-order valence-corrected chi connectivity index (χ2v) is 2.51. The van der Waals surface area contributed by atoms with Crippen LogP contribution in [0.25, 0.3) is 0 Å². The molecule has 0 bridgehead atoms. The molecule has 8 nitrogen and oxygen atoms in total. The maximum Gasteiger partial charge on any atom is 2.00 e. The first-order valence-corrected chi connectivity index (χ1v) is 3.43. The van der Waals surface area contributed by atoms with Crippen LogP contribution >= 0.6 is 0 Å². The fraction of sp³-hybridized carbons (Fsp3) is 0.667. The van der Waals surface area contributed by atoms with Crippen molar-refractivity contribution in [2.45, 2.75) is 24.4 Å². The minimum Gasteiger partial charge on any atom is -0.547 e. The molecule has 0 amide bonds. The first-order valence-electron chi connectivity index (χ1n) is 3.43. The first kappa shape index (κ1) is 17.4. The van der Waals surface area contributed by atoms with Crippen molar-refractivity contribution in [3.8, 4) is 0 Å². The third kappa shape index (κ3) is 5.07. The Morgan fingerprint density at radius 1 is 0.800 bits per heavy atom. The third-order valence-corrected chi connectivity index (χ3v) is 1.48. The van der Waals surface area contributed by atoms with Gasteiger partial charge in [-0.15, -0.1) is 0 Å². The Hall–Kier alpha value is 0.0397. The number of aliphatic hydroxyl groups excluding tert-OH is 4. The van der Waals surface area contributed by atoms with Crippen molar-refractivity contribution in [2.24, 2.45) is 0 Å². The third-order valence-electron chi connectivity index (χ3n) is 1.48. The van der Waals surface area contributed by atoms with Crippen LogP contribution in [-0.4, -0.2) is 94.5 Å². The molecule has 0 aromatic rings. The minimum absolute atomic E-state index is 0. The van der Waals surface area contributed by atoms with E-state index in [9.17, 15) is 19.8 Å². The normalized spacial score (nSPS) is 18.1. The predicted molar refractivity (Wildman–Crippen MR) is 39.8 cm³/mol. The quantitative estimate of drug-likeness (QED) is 0.349. The van der Waals surface area contributed by atoms with Crippen molar-refractivity contribution in [2.75, 3.05) is 0 Å². The summed E-state index contributed by atoms with van der Waals surface area (Å²) in [6, 6.07) is 0. The van der Waals surface area contributed by atoms with Crippen molar-refractivity contribution in [1.29, 1.82) is 0 Å². The molecule has 0 unspecified atom stereocenters. The number of rotatable bonds is 5. The Bertz CT molecular complexity index is 207. The standard InChI is InChI=1S/C6H10O8.Ca/c7-1(3(9)5(11)12)2(8)4(10)6(13)14;/h1-4,7-10H,(H,11,12)(H,13,14);/q;+2/p-2/t1-,2+,3-,4+;. The molecule has 0 rings (SSSR count). The van der Waals surface area contributed by atoms with E-state index < -0.39 is 36.4 Å². The summed E-state index contributed by atoms with van der Waals surface area (Å²) >= 11 is 0. The molecular formula is C6H8CaO8. The van der Waals surface area contributed by atoms with Crippen LogP contribution in [0.15, 0.2) is 0 Å². The zero-order valence-corrected chi connectivity index (χ0v) is 9.65. The molecular weight excluding hydrogens is 240 g/mol. The molecule has 9 heteroatoms. The van der Waals surface area contributed by atoms with Gasteiger partial charge in [0.2, 0.25) is 0 Å². The molecule has 0 aromatic heterocycles. The number of aliphatic carboxylic acids is 2. The zero-order chi connectivity index (χ0) is 11.5. The van der Waals surface area contributed by atoms with Crippen molar-refractivity contribution in [3.63, 3.8) is 0 Å². The molecule has 0 aliphatic heterocycles. The maximum atomic E-state index is 9.96. The van der Waals surface area contributed by atoms with Crippen molar-refractivity contribution in [1.82, 2.24) is 0 Å². The summed E-state index contributed by atoms with van der Waals surface area (Å²) in [6.45, 7) is 0. The van der Waals surface area contributed by atoms with E-state index in [4.69, 9.17) is 20.4 Å². The summed E-state index contributed by atoms with van der Waals surface area (Å²) < 4.78 is 0. The number of carboxylic acid groups (broad SMARTS) is 2. The first-order chi connectivity index (χ1) is 6.29. The molecule has 4 N–H and O–H groups in total. The molecule has 0 fully saturated rings. The van der Waals surface area contributed by atoms with E-state index in [1.165, 1.54) is 0 Å². The van der Waals surface area contributed by atoms with Crippen molar-refractivity contribution < 1.29 is 40.2 Å². The van der Waals surface area contributed by atoms with Gasteiger partial charge in [-0.2, -0.15) is 0 Å². The van der Waals surface area contributed by atoms with Gasteiger partial charge in [-0.3, -0.25) is 0 Å². The van der Waals surface area contributed by atoms with Crippen LogP contribution in [0.1, 0.15) is 0 Å². The van der Waals surface area contributed by atoms with Gasteiger partial charge < -0.3 is 40.2 Å². The SMILES string of the molecule is O=C([O-])[C@@H](O)[C@@H](O)[C@@H](O)[C@@H](O)C(=O)[O-].[Ca+2]. The van der Waals surface area contributed by atoms with Gasteiger partial charge in [0.25, 0.3) is 0 Å². The van der Waals surface area contributed by atoms with Gasteiger partial charge in [0.15, 0.2) is 0 Å². The fourth-order valence-electron chi connectivity index (χ4n) is 0.652. The smallest absolute Gasteiger partial charge is 0.547 e. The number of hydrogen-bond acceptors (Lipinski definition) is 8. The van der Waals surface area contributed by atoms with Crippen LogP contribution in [0.4, 0.5) is 0 Å². The molecule has 0 aliphatic rings. The van der Waals surface area contributed by atoms with Gasteiger partial charge >= 0.3 is 37.7 Å². The van der Waals surface area contributed by atoms with Gasteiger partial charge in [0, 0.05) is 0 Å². The van der Waals surface area contributed by atoms with Crippen molar-refractivity contribution >= 4 is 49.7 Å². The van der Waals surface area contributed by atoms with E-state index in [0.29, 0.717) is 0 Å². The van der Waals surface area contributed by atoms with E-state index in [0.717, 1.165) is 0 Å². The van der Waals surface area contributed by atoms with Crippen LogP contribution in [0.2, 0.25) is 0 Å². The Labute approximate surface area is 114 Å². The number of hydrogen-bond donors (Lipinski definition) is 4. The number of aliphatic hydroxyl groups is 4. The molecule has 0 radical (unpaired) electrons. The largest absolute Gasteiger partial charge is 2.00 e. The summed E-state index contributed by atoms with van der Waals surface area (Å²) in [6.07, 6.45) is -9.76. The Morgan fingerprint density at radius 2 is 1.00 bits per heavy atom. The molecule has 0 saturated carbocycles. The van der Waals surface area contributed by atoms with Crippen molar-refractivity contribution in [3.05, 3.63) is 0 Å². The monoisotopic (exact) mass is 248 g/mol. The number of carbonyl (C=O) groups is 2. The molecule has 0 aromatic carbocycles. The molecule has 0 spiro atoms. The average Bonchev–Trinajstić information content (AvgIpc) is 2.12. The predicted octanol–water partition coefficient (Wildman–Crippen LogP) is -6.45. The second-order valence-electron chi connectivity index (χ2n) is 2.51. The van der Waals surface area contributed by atoms with Gasteiger partial charge in [0.1, 0.15) is 24.4 Å². The van der Waals surface area contributed by atoms with E-state index in [-0.39, 0.29) is 37.7 Å². The summed E-state index contributed by atoms with van der Waals surface area (Å²) in [4.78, 5) is 19.9. The molecule has 4 atom stereocenters. The average molecular weight is 248 g/mol. The maximum absolute atomic E-state index is 9.96. The van der Waals surface area contributed by atoms with Crippen LogP contribution in [0.3, 0.4) is 0 Å². The molecule has 0 aliphatic carbocycles. The van der Waals surface area contributed by atoms with Gasteiger partial charge in [0.05, 0.1) is 11.9 Å². The minimum atomic E-state index is -2.50. The van der Waals surface area contributed by atoms with Gasteiger partial charge in [-0.25, -0.2) is 0 Å². The van der Waals surface area contributed by atoms with Crippen LogP contribution in [-0.2, 0) is 9.59 Å². The summed E-state index contributed by atoms with van der Waals surface area (Å²) in [7, 11) is 0.